The van der Waals surface area contributed by atoms with Gasteiger partial charge >= 0.3 is 5.97 Å². The fourth-order valence-electron chi connectivity index (χ4n) is 1.76. The van der Waals surface area contributed by atoms with Crippen LogP contribution in [0.4, 0.5) is 5.69 Å². The fraction of sp³-hybridized carbons (Fsp3) is 0.500. The quantitative estimate of drug-likeness (QED) is 0.542. The van der Waals surface area contributed by atoms with E-state index in [0.29, 0.717) is 30.8 Å². The zero-order valence-corrected chi connectivity index (χ0v) is 12.8. The molecular weight excluding hydrogens is 268 g/mol. The van der Waals surface area contributed by atoms with Crippen LogP contribution in [0.25, 0.3) is 0 Å². The Balaban J connectivity index is 2.34. The molecule has 1 amide bonds. The van der Waals surface area contributed by atoms with E-state index in [2.05, 4.69) is 17.6 Å². The molecule has 0 saturated carbocycles. The van der Waals surface area contributed by atoms with Crippen molar-refractivity contribution in [2.24, 2.45) is 0 Å². The van der Waals surface area contributed by atoms with Gasteiger partial charge in [0.2, 0.25) is 5.91 Å². The number of unbranched alkanes of at least 4 members (excludes halogenated alkanes) is 1. The van der Waals surface area contributed by atoms with Crippen LogP contribution < -0.4 is 10.6 Å². The predicted octanol–water partition coefficient (Wildman–Crippen LogP) is 2.58. The molecule has 1 rings (SSSR count). The maximum Gasteiger partial charge on any atom is 0.338 e. The molecule has 0 heterocycles. The number of carbonyl (C=O) groups excluding carboxylic acids is 2. The Morgan fingerprint density at radius 2 is 1.81 bits per heavy atom. The van der Waals surface area contributed by atoms with Gasteiger partial charge < -0.3 is 15.4 Å². The zero-order chi connectivity index (χ0) is 15.5. The molecule has 0 radical (unpaired) electrons. The average molecular weight is 292 g/mol. The standard InChI is InChI=1S/C16H24N2O3/c1-3-5-11-17-12-10-15(19)18-14-8-6-13(7-9-14)16(20)21-4-2/h6-9,17H,3-5,10-12H2,1-2H3,(H,18,19). The molecule has 1 aromatic carbocycles. The molecule has 0 spiro atoms. The van der Waals surface area contributed by atoms with Gasteiger partial charge in [-0.2, -0.15) is 0 Å². The summed E-state index contributed by atoms with van der Waals surface area (Å²) in [4.78, 5) is 23.2. The first-order chi connectivity index (χ1) is 10.2. The molecule has 5 heteroatoms. The Bertz CT molecular complexity index is 443. The van der Waals surface area contributed by atoms with Gasteiger partial charge in [0, 0.05) is 18.7 Å². The molecule has 0 saturated heterocycles. The molecule has 0 aliphatic rings. The van der Waals surface area contributed by atoms with Gasteiger partial charge in [0.25, 0.3) is 0 Å². The van der Waals surface area contributed by atoms with Crippen molar-refractivity contribution in [2.45, 2.75) is 33.1 Å². The smallest absolute Gasteiger partial charge is 0.338 e. The summed E-state index contributed by atoms with van der Waals surface area (Å²) >= 11 is 0. The highest BCUT2D eigenvalue weighted by Crippen LogP contribution is 2.10. The SMILES string of the molecule is CCCCNCCC(=O)Nc1ccc(C(=O)OCC)cc1. The van der Waals surface area contributed by atoms with Crippen molar-refractivity contribution in [1.29, 1.82) is 0 Å². The zero-order valence-electron chi connectivity index (χ0n) is 12.8. The first-order valence-electron chi connectivity index (χ1n) is 7.45. The lowest BCUT2D eigenvalue weighted by atomic mass is 10.2. The summed E-state index contributed by atoms with van der Waals surface area (Å²) in [5.41, 5.74) is 1.16. The minimum atomic E-state index is -0.351. The van der Waals surface area contributed by atoms with Gasteiger partial charge in [0.15, 0.2) is 0 Å². The van der Waals surface area contributed by atoms with Crippen molar-refractivity contribution in [3.05, 3.63) is 29.8 Å². The van der Waals surface area contributed by atoms with Gasteiger partial charge in [-0.25, -0.2) is 4.79 Å². The van der Waals surface area contributed by atoms with Crippen LogP contribution in [-0.4, -0.2) is 31.6 Å². The number of nitrogens with one attached hydrogen (secondary N) is 2. The Hall–Kier alpha value is -1.88. The van der Waals surface area contributed by atoms with Crippen molar-refractivity contribution in [1.82, 2.24) is 5.32 Å². The van der Waals surface area contributed by atoms with Crippen molar-refractivity contribution >= 4 is 17.6 Å². The predicted molar refractivity (Wildman–Crippen MR) is 83.4 cm³/mol. The third-order valence-electron chi connectivity index (χ3n) is 2.92. The molecule has 116 valence electrons. The number of hydrogen-bond donors (Lipinski definition) is 2. The van der Waals surface area contributed by atoms with Crippen LogP contribution in [0.3, 0.4) is 0 Å². The molecule has 0 aliphatic heterocycles. The number of ether oxygens (including phenoxy) is 1. The Labute approximate surface area is 126 Å². The van der Waals surface area contributed by atoms with E-state index < -0.39 is 0 Å². The summed E-state index contributed by atoms with van der Waals surface area (Å²) in [6.45, 7) is 5.86. The van der Waals surface area contributed by atoms with Crippen LogP contribution in [-0.2, 0) is 9.53 Å². The van der Waals surface area contributed by atoms with E-state index in [0.717, 1.165) is 19.4 Å². The number of rotatable bonds is 9. The van der Waals surface area contributed by atoms with Gasteiger partial charge in [-0.05, 0) is 44.2 Å². The number of anilines is 1. The lowest BCUT2D eigenvalue weighted by Gasteiger charge is -2.07. The normalized spacial score (nSPS) is 10.2. The maximum absolute atomic E-state index is 11.7. The van der Waals surface area contributed by atoms with E-state index in [1.165, 1.54) is 0 Å². The highest BCUT2D eigenvalue weighted by atomic mass is 16.5. The molecule has 0 unspecified atom stereocenters. The summed E-state index contributed by atoms with van der Waals surface area (Å²) in [5.74, 6) is -0.390. The average Bonchev–Trinajstić information content (AvgIpc) is 2.48. The lowest BCUT2D eigenvalue weighted by molar-refractivity contribution is -0.116. The number of hydrogen-bond acceptors (Lipinski definition) is 4. The van der Waals surface area contributed by atoms with Gasteiger partial charge in [-0.3, -0.25) is 4.79 Å². The van der Waals surface area contributed by atoms with Crippen molar-refractivity contribution in [3.63, 3.8) is 0 Å². The summed E-state index contributed by atoms with van der Waals surface area (Å²) in [6, 6.07) is 6.70. The number of amides is 1. The van der Waals surface area contributed by atoms with Crippen LogP contribution >= 0.6 is 0 Å². The van der Waals surface area contributed by atoms with Crippen LogP contribution in [0.5, 0.6) is 0 Å². The van der Waals surface area contributed by atoms with Gasteiger partial charge in [-0.15, -0.1) is 0 Å². The Kier molecular flexibility index (Phi) is 8.12. The monoisotopic (exact) mass is 292 g/mol. The minimum Gasteiger partial charge on any atom is -0.462 e. The van der Waals surface area contributed by atoms with Crippen molar-refractivity contribution in [2.75, 3.05) is 25.0 Å². The third kappa shape index (κ3) is 6.90. The summed E-state index contributed by atoms with van der Waals surface area (Å²) in [6.07, 6.45) is 2.70. The molecule has 21 heavy (non-hydrogen) atoms. The molecule has 0 atom stereocenters. The molecule has 5 nitrogen and oxygen atoms in total. The van der Waals surface area contributed by atoms with E-state index in [4.69, 9.17) is 4.74 Å². The van der Waals surface area contributed by atoms with Crippen LogP contribution in [0.2, 0.25) is 0 Å². The second kappa shape index (κ2) is 9.94. The first-order valence-corrected chi connectivity index (χ1v) is 7.45. The Morgan fingerprint density at radius 1 is 1.10 bits per heavy atom. The van der Waals surface area contributed by atoms with Gasteiger partial charge in [0.1, 0.15) is 0 Å². The largest absolute Gasteiger partial charge is 0.462 e. The van der Waals surface area contributed by atoms with Crippen LogP contribution in [0.15, 0.2) is 24.3 Å². The molecule has 0 aromatic heterocycles. The van der Waals surface area contributed by atoms with E-state index >= 15 is 0 Å². The topological polar surface area (TPSA) is 67.4 Å². The van der Waals surface area contributed by atoms with Crippen LogP contribution in [0.1, 0.15) is 43.5 Å². The van der Waals surface area contributed by atoms with Gasteiger partial charge in [-0.1, -0.05) is 13.3 Å². The molecule has 1 aromatic rings. The third-order valence-corrected chi connectivity index (χ3v) is 2.92. The fourth-order valence-corrected chi connectivity index (χ4v) is 1.76. The molecule has 0 fully saturated rings. The summed E-state index contributed by atoms with van der Waals surface area (Å²) in [5, 5.41) is 6.02. The molecule has 2 N–H and O–H groups in total. The second-order valence-electron chi connectivity index (χ2n) is 4.70. The van der Waals surface area contributed by atoms with Crippen molar-refractivity contribution in [3.8, 4) is 0 Å². The number of carbonyl (C=O) groups is 2. The number of benzene rings is 1. The first kappa shape index (κ1) is 17.2. The summed E-state index contributed by atoms with van der Waals surface area (Å²) < 4.78 is 4.90. The second-order valence-corrected chi connectivity index (χ2v) is 4.70. The van der Waals surface area contributed by atoms with E-state index in [1.54, 1.807) is 31.2 Å². The lowest BCUT2D eigenvalue weighted by Crippen LogP contribution is -2.22. The van der Waals surface area contributed by atoms with Crippen molar-refractivity contribution < 1.29 is 14.3 Å². The Morgan fingerprint density at radius 3 is 2.43 bits per heavy atom. The molecular formula is C16H24N2O3. The van der Waals surface area contributed by atoms with E-state index in [1.807, 2.05) is 0 Å². The highest BCUT2D eigenvalue weighted by Gasteiger charge is 2.07. The van der Waals surface area contributed by atoms with Gasteiger partial charge in [0.05, 0.1) is 12.2 Å². The van der Waals surface area contributed by atoms with Crippen LogP contribution in [0, 0.1) is 0 Å². The molecule has 0 bridgehead atoms. The number of esters is 1. The molecule has 0 aliphatic carbocycles. The minimum absolute atomic E-state index is 0.0390. The summed E-state index contributed by atoms with van der Waals surface area (Å²) in [7, 11) is 0. The maximum atomic E-state index is 11.7. The van der Waals surface area contributed by atoms with E-state index in [9.17, 15) is 9.59 Å². The highest BCUT2D eigenvalue weighted by molar-refractivity contribution is 5.93. The van der Waals surface area contributed by atoms with E-state index in [-0.39, 0.29) is 11.9 Å².